The van der Waals surface area contributed by atoms with Gasteiger partial charge in [0.2, 0.25) is 0 Å². The van der Waals surface area contributed by atoms with Gasteiger partial charge in [-0.2, -0.15) is 0 Å². The van der Waals surface area contributed by atoms with Crippen LogP contribution in [0, 0.1) is 4.64 Å². The van der Waals surface area contributed by atoms with Crippen LogP contribution in [0.15, 0.2) is 42.6 Å². The van der Waals surface area contributed by atoms with E-state index >= 15 is 0 Å². The summed E-state index contributed by atoms with van der Waals surface area (Å²) < 4.78 is 11.4. The summed E-state index contributed by atoms with van der Waals surface area (Å²) in [6, 6.07) is 11.1. The molecule has 138 valence electrons. The van der Waals surface area contributed by atoms with Crippen LogP contribution in [0.5, 0.6) is 11.5 Å². The lowest BCUT2D eigenvalue weighted by Gasteiger charge is -2.34. The summed E-state index contributed by atoms with van der Waals surface area (Å²) in [5.41, 5.74) is 0.568. The van der Waals surface area contributed by atoms with Gasteiger partial charge in [0.05, 0.1) is 12.7 Å². The average molecular weight is 373 g/mol. The Kier molecular flexibility index (Phi) is 6.25. The molecule has 1 N–H and O–H groups in total. The van der Waals surface area contributed by atoms with Crippen molar-refractivity contribution in [2.75, 3.05) is 46.4 Å². The number of amides is 1. The summed E-state index contributed by atoms with van der Waals surface area (Å²) >= 11 is 5.20. The number of nitrogens with zero attached hydrogens (tertiary/aromatic N) is 2. The summed E-state index contributed by atoms with van der Waals surface area (Å²) in [7, 11) is 1.64. The Bertz CT molecular complexity index is 783. The highest BCUT2D eigenvalue weighted by atomic mass is 32.1. The Morgan fingerprint density at radius 2 is 1.81 bits per heavy atom. The number of ether oxygens (including phenoxy) is 2. The van der Waals surface area contributed by atoms with Gasteiger partial charge in [-0.25, -0.2) is 0 Å². The predicted octanol–water partition coefficient (Wildman–Crippen LogP) is 2.59. The third kappa shape index (κ3) is 4.62. The predicted molar refractivity (Wildman–Crippen MR) is 102 cm³/mol. The number of hydrogen-bond acceptors (Lipinski definition) is 5. The summed E-state index contributed by atoms with van der Waals surface area (Å²) in [4.78, 5) is 19.6. The van der Waals surface area contributed by atoms with Crippen LogP contribution in [0.4, 0.5) is 0 Å². The van der Waals surface area contributed by atoms with Crippen LogP contribution in [0.2, 0.25) is 0 Å². The van der Waals surface area contributed by atoms with Gasteiger partial charge < -0.3 is 19.4 Å². The molecule has 1 fully saturated rings. The molecule has 0 atom stereocenters. The number of benzene rings is 1. The second-order valence-corrected chi connectivity index (χ2v) is 6.48. The molecule has 1 aliphatic rings. The molecule has 7 heteroatoms. The van der Waals surface area contributed by atoms with Gasteiger partial charge in [0.1, 0.15) is 22.7 Å². The summed E-state index contributed by atoms with van der Waals surface area (Å²) in [5, 5.41) is 0. The van der Waals surface area contributed by atoms with Gasteiger partial charge >= 0.3 is 0 Å². The lowest BCUT2D eigenvalue weighted by Crippen LogP contribution is -2.49. The van der Waals surface area contributed by atoms with Gasteiger partial charge in [0.25, 0.3) is 5.91 Å². The number of rotatable bonds is 6. The third-order valence-electron chi connectivity index (χ3n) is 4.44. The SMILES string of the molecule is COc1ccc(OCCN2CCN(C(=O)c3ccc[nH]c3=S)CC2)cc1. The van der Waals surface area contributed by atoms with Crippen molar-refractivity contribution in [1.29, 1.82) is 0 Å². The zero-order chi connectivity index (χ0) is 18.4. The summed E-state index contributed by atoms with van der Waals surface area (Å²) in [6.45, 7) is 4.52. The van der Waals surface area contributed by atoms with Crippen LogP contribution in [-0.4, -0.2) is 67.1 Å². The lowest BCUT2D eigenvalue weighted by molar-refractivity contribution is 0.0619. The van der Waals surface area contributed by atoms with Crippen molar-refractivity contribution >= 4 is 18.1 Å². The van der Waals surface area contributed by atoms with Crippen LogP contribution < -0.4 is 9.47 Å². The first-order valence-corrected chi connectivity index (χ1v) is 9.04. The molecule has 0 bridgehead atoms. The van der Waals surface area contributed by atoms with E-state index in [1.165, 1.54) is 0 Å². The van der Waals surface area contributed by atoms with E-state index in [1.54, 1.807) is 25.4 Å². The van der Waals surface area contributed by atoms with Gasteiger partial charge in [0.15, 0.2) is 0 Å². The molecule has 1 saturated heterocycles. The van der Waals surface area contributed by atoms with Gasteiger partial charge in [-0.15, -0.1) is 0 Å². The van der Waals surface area contributed by atoms with Crippen molar-refractivity contribution in [2.45, 2.75) is 0 Å². The maximum atomic E-state index is 12.6. The minimum atomic E-state index is 0.000910. The number of methoxy groups -OCH3 is 1. The van der Waals surface area contributed by atoms with Gasteiger partial charge in [-0.1, -0.05) is 12.2 Å². The lowest BCUT2D eigenvalue weighted by atomic mass is 10.2. The van der Waals surface area contributed by atoms with Crippen LogP contribution in [-0.2, 0) is 0 Å². The van der Waals surface area contributed by atoms with Crippen LogP contribution in [0.3, 0.4) is 0 Å². The Balaban J connectivity index is 1.43. The first kappa shape index (κ1) is 18.4. The van der Waals surface area contributed by atoms with Crippen molar-refractivity contribution in [3.8, 4) is 11.5 Å². The maximum absolute atomic E-state index is 12.6. The van der Waals surface area contributed by atoms with Gasteiger partial charge in [-0.3, -0.25) is 9.69 Å². The number of piperazine rings is 1. The Hall–Kier alpha value is -2.38. The number of carbonyl (C=O) groups is 1. The molecular formula is C19H23N3O3S. The highest BCUT2D eigenvalue weighted by Crippen LogP contribution is 2.17. The highest BCUT2D eigenvalue weighted by molar-refractivity contribution is 7.71. The molecule has 2 aromatic rings. The van der Waals surface area contributed by atoms with E-state index in [1.807, 2.05) is 29.2 Å². The van der Waals surface area contributed by atoms with E-state index in [0.29, 0.717) is 29.9 Å². The quantitative estimate of drug-likeness (QED) is 0.789. The van der Waals surface area contributed by atoms with E-state index < -0.39 is 0 Å². The number of nitrogens with one attached hydrogen (secondary N) is 1. The zero-order valence-electron chi connectivity index (χ0n) is 14.8. The normalized spacial score (nSPS) is 14.9. The molecule has 1 aromatic heterocycles. The molecule has 1 aliphatic heterocycles. The van der Waals surface area contributed by atoms with Crippen LogP contribution >= 0.6 is 12.2 Å². The fraction of sp³-hybridized carbons (Fsp3) is 0.368. The molecule has 0 radical (unpaired) electrons. The smallest absolute Gasteiger partial charge is 0.256 e. The second-order valence-electron chi connectivity index (χ2n) is 6.07. The van der Waals surface area contributed by atoms with E-state index in [0.717, 1.165) is 31.1 Å². The molecule has 1 aromatic carbocycles. The highest BCUT2D eigenvalue weighted by Gasteiger charge is 2.22. The number of pyridine rings is 1. The fourth-order valence-corrected chi connectivity index (χ4v) is 3.12. The molecular weight excluding hydrogens is 350 g/mol. The molecule has 6 nitrogen and oxygen atoms in total. The molecule has 0 aliphatic carbocycles. The van der Waals surface area contributed by atoms with E-state index in [9.17, 15) is 4.79 Å². The first-order chi connectivity index (χ1) is 12.7. The van der Waals surface area contributed by atoms with Gasteiger partial charge in [0, 0.05) is 38.9 Å². The standard InChI is InChI=1S/C19H23N3O3S/c1-24-15-4-6-16(7-5-15)25-14-13-21-9-11-22(12-10-21)19(23)17-3-2-8-20-18(17)26/h2-8H,9-14H2,1H3,(H,20,26). The van der Waals surface area contributed by atoms with Crippen molar-refractivity contribution in [3.05, 3.63) is 52.8 Å². The molecule has 2 heterocycles. The van der Waals surface area contributed by atoms with Crippen molar-refractivity contribution in [1.82, 2.24) is 14.8 Å². The number of H-pyrrole nitrogens is 1. The van der Waals surface area contributed by atoms with Gasteiger partial charge in [-0.05, 0) is 36.4 Å². The minimum absolute atomic E-state index is 0.000910. The number of carbonyl (C=O) groups excluding carboxylic acids is 1. The third-order valence-corrected chi connectivity index (χ3v) is 4.78. The minimum Gasteiger partial charge on any atom is -0.497 e. The van der Waals surface area contributed by atoms with Crippen LogP contribution in [0.1, 0.15) is 10.4 Å². The molecule has 1 amide bonds. The van der Waals surface area contributed by atoms with E-state index in [2.05, 4.69) is 9.88 Å². The maximum Gasteiger partial charge on any atom is 0.256 e. The second kappa shape index (κ2) is 8.82. The molecule has 3 rings (SSSR count). The molecule has 0 spiro atoms. The van der Waals surface area contributed by atoms with E-state index in [4.69, 9.17) is 21.7 Å². The Morgan fingerprint density at radius 1 is 1.12 bits per heavy atom. The molecule has 0 unspecified atom stereocenters. The topological polar surface area (TPSA) is 57.8 Å². The average Bonchev–Trinajstić information content (AvgIpc) is 2.69. The monoisotopic (exact) mass is 373 g/mol. The summed E-state index contributed by atoms with van der Waals surface area (Å²) in [6.07, 6.45) is 1.74. The Morgan fingerprint density at radius 3 is 2.46 bits per heavy atom. The molecule has 26 heavy (non-hydrogen) atoms. The fourth-order valence-electron chi connectivity index (χ4n) is 2.90. The number of aromatic amines is 1. The molecule has 0 saturated carbocycles. The zero-order valence-corrected chi connectivity index (χ0v) is 15.6. The van der Waals surface area contributed by atoms with E-state index in [-0.39, 0.29) is 5.91 Å². The van der Waals surface area contributed by atoms with Crippen LogP contribution in [0.25, 0.3) is 0 Å². The Labute approximate surface area is 158 Å². The number of hydrogen-bond donors (Lipinski definition) is 1. The van der Waals surface area contributed by atoms with Crippen molar-refractivity contribution < 1.29 is 14.3 Å². The summed E-state index contributed by atoms with van der Waals surface area (Å²) in [5.74, 6) is 1.65. The van der Waals surface area contributed by atoms with Crippen molar-refractivity contribution in [2.24, 2.45) is 0 Å². The largest absolute Gasteiger partial charge is 0.497 e. The van der Waals surface area contributed by atoms with Crippen molar-refractivity contribution in [3.63, 3.8) is 0 Å². The number of aromatic nitrogens is 1. The first-order valence-electron chi connectivity index (χ1n) is 8.63.